The summed E-state index contributed by atoms with van der Waals surface area (Å²) < 4.78 is 26.5. The highest BCUT2D eigenvalue weighted by Gasteiger charge is 2.16. The Labute approximate surface area is 201 Å². The summed E-state index contributed by atoms with van der Waals surface area (Å²) in [6.45, 7) is 3.94. The van der Waals surface area contributed by atoms with Gasteiger partial charge in [-0.2, -0.15) is 5.10 Å². The Morgan fingerprint density at radius 1 is 1.09 bits per heavy atom. The molecule has 0 radical (unpaired) electrons. The number of carbonyl (C=O) groups excluding carboxylic acids is 2. The molecule has 4 aromatic rings. The molecule has 178 valence electrons. The van der Waals surface area contributed by atoms with E-state index < -0.39 is 11.8 Å². The average molecular weight is 474 g/mol. The maximum atomic E-state index is 14.4. The highest BCUT2D eigenvalue weighted by molar-refractivity contribution is 5.94. The molecule has 0 aliphatic rings. The van der Waals surface area contributed by atoms with E-state index >= 15 is 0 Å². The van der Waals surface area contributed by atoms with Crippen LogP contribution in [-0.2, 0) is 11.3 Å². The fourth-order valence-corrected chi connectivity index (χ4v) is 3.39. The summed E-state index contributed by atoms with van der Waals surface area (Å²) in [7, 11) is 0. The molecule has 0 fully saturated rings. The standard InChI is InChI=1S/C26H23FN4O4/c1-3-34-26(33)22-16-30-31(17(22)2)20-9-7-19(8-10-20)25(32)29-14-18-6-11-24(23(27)13-18)35-21-5-4-12-28-15-21/h4-13,15-16H,3,14H2,1-2H3,(H,29,32). The molecule has 0 atom stereocenters. The van der Waals surface area contributed by atoms with Crippen molar-refractivity contribution in [2.45, 2.75) is 20.4 Å². The van der Waals surface area contributed by atoms with Crippen LogP contribution in [0.3, 0.4) is 0 Å². The summed E-state index contributed by atoms with van der Waals surface area (Å²) in [5.74, 6) is -0.777. The summed E-state index contributed by atoms with van der Waals surface area (Å²) >= 11 is 0. The van der Waals surface area contributed by atoms with Crippen LogP contribution >= 0.6 is 0 Å². The molecule has 2 aromatic carbocycles. The van der Waals surface area contributed by atoms with Gasteiger partial charge in [-0.1, -0.05) is 6.07 Å². The Bertz CT molecular complexity index is 1340. The van der Waals surface area contributed by atoms with E-state index in [0.717, 1.165) is 0 Å². The maximum Gasteiger partial charge on any atom is 0.341 e. The number of hydrogen-bond donors (Lipinski definition) is 1. The predicted molar refractivity (Wildman–Crippen MR) is 126 cm³/mol. The van der Waals surface area contributed by atoms with Gasteiger partial charge in [0, 0.05) is 18.3 Å². The van der Waals surface area contributed by atoms with Crippen LogP contribution in [0.5, 0.6) is 11.5 Å². The van der Waals surface area contributed by atoms with E-state index in [-0.39, 0.29) is 24.8 Å². The second kappa shape index (κ2) is 10.6. The van der Waals surface area contributed by atoms with Gasteiger partial charge >= 0.3 is 5.97 Å². The third kappa shape index (κ3) is 5.52. The first-order valence-electron chi connectivity index (χ1n) is 10.9. The quantitative estimate of drug-likeness (QED) is 0.375. The van der Waals surface area contributed by atoms with Crippen LogP contribution in [0.2, 0.25) is 0 Å². The second-order valence-electron chi connectivity index (χ2n) is 7.56. The lowest BCUT2D eigenvalue weighted by Crippen LogP contribution is -2.22. The van der Waals surface area contributed by atoms with E-state index in [1.807, 2.05) is 0 Å². The number of pyridine rings is 1. The number of carbonyl (C=O) groups is 2. The molecule has 0 aliphatic carbocycles. The zero-order valence-corrected chi connectivity index (χ0v) is 19.2. The Morgan fingerprint density at radius 2 is 1.89 bits per heavy atom. The molecule has 0 bridgehead atoms. The number of nitrogens with zero attached hydrogens (tertiary/aromatic N) is 3. The topological polar surface area (TPSA) is 95.3 Å². The van der Waals surface area contributed by atoms with Crippen LogP contribution in [0.1, 0.15) is 38.9 Å². The van der Waals surface area contributed by atoms with Crippen LogP contribution in [-0.4, -0.2) is 33.2 Å². The van der Waals surface area contributed by atoms with Crippen molar-refractivity contribution >= 4 is 11.9 Å². The van der Waals surface area contributed by atoms with E-state index in [9.17, 15) is 14.0 Å². The van der Waals surface area contributed by atoms with Crippen LogP contribution in [0.25, 0.3) is 5.69 Å². The molecule has 0 saturated carbocycles. The van der Waals surface area contributed by atoms with E-state index in [2.05, 4.69) is 15.4 Å². The van der Waals surface area contributed by atoms with Crippen molar-refractivity contribution in [1.82, 2.24) is 20.1 Å². The van der Waals surface area contributed by atoms with E-state index in [4.69, 9.17) is 9.47 Å². The molecule has 2 aromatic heterocycles. The minimum Gasteiger partial charge on any atom is -0.462 e. The van der Waals surface area contributed by atoms with Gasteiger partial charge in [0.25, 0.3) is 5.91 Å². The highest BCUT2D eigenvalue weighted by Crippen LogP contribution is 2.24. The Hall–Kier alpha value is -4.53. The van der Waals surface area contributed by atoms with Crippen LogP contribution in [0, 0.1) is 12.7 Å². The number of halogens is 1. The largest absolute Gasteiger partial charge is 0.462 e. The molecule has 35 heavy (non-hydrogen) atoms. The summed E-state index contributed by atoms with van der Waals surface area (Å²) in [5.41, 5.74) is 2.74. The minimum absolute atomic E-state index is 0.0729. The lowest BCUT2D eigenvalue weighted by atomic mass is 10.1. The number of benzene rings is 2. The van der Waals surface area contributed by atoms with Crippen molar-refractivity contribution < 1.29 is 23.5 Å². The first-order chi connectivity index (χ1) is 17.0. The number of ether oxygens (including phenoxy) is 2. The number of hydrogen-bond acceptors (Lipinski definition) is 6. The van der Waals surface area contributed by atoms with Gasteiger partial charge in [-0.05, 0) is 67.9 Å². The van der Waals surface area contributed by atoms with Gasteiger partial charge in [-0.25, -0.2) is 13.9 Å². The van der Waals surface area contributed by atoms with Crippen LogP contribution in [0.4, 0.5) is 4.39 Å². The van der Waals surface area contributed by atoms with Crippen LogP contribution < -0.4 is 10.1 Å². The summed E-state index contributed by atoms with van der Waals surface area (Å²) in [6.07, 6.45) is 4.55. The Kier molecular flexibility index (Phi) is 7.15. The molecule has 2 heterocycles. The minimum atomic E-state index is -0.540. The van der Waals surface area contributed by atoms with E-state index in [0.29, 0.717) is 33.8 Å². The van der Waals surface area contributed by atoms with Gasteiger partial charge in [0.1, 0.15) is 11.3 Å². The molecule has 1 amide bonds. The SMILES string of the molecule is CCOC(=O)c1cnn(-c2ccc(C(=O)NCc3ccc(Oc4cccnc4)c(F)c3)cc2)c1C. The third-order valence-electron chi connectivity index (χ3n) is 5.19. The van der Waals surface area contributed by atoms with Gasteiger partial charge in [0.15, 0.2) is 11.6 Å². The molecular formula is C26H23FN4O4. The average Bonchev–Trinajstić information content (AvgIpc) is 3.26. The predicted octanol–water partition coefficient (Wildman–Crippen LogP) is 4.61. The van der Waals surface area contributed by atoms with Crippen molar-refractivity contribution in [3.8, 4) is 17.2 Å². The third-order valence-corrected chi connectivity index (χ3v) is 5.19. The fraction of sp³-hybridized carbons (Fsp3) is 0.154. The van der Waals surface area contributed by atoms with Crippen molar-refractivity contribution in [3.05, 3.63) is 101 Å². The van der Waals surface area contributed by atoms with Gasteiger partial charge < -0.3 is 14.8 Å². The van der Waals surface area contributed by atoms with Crippen molar-refractivity contribution in [2.24, 2.45) is 0 Å². The number of rotatable bonds is 8. The second-order valence-corrected chi connectivity index (χ2v) is 7.56. The smallest absolute Gasteiger partial charge is 0.341 e. The lowest BCUT2D eigenvalue weighted by molar-refractivity contribution is 0.0525. The molecule has 4 rings (SSSR count). The van der Waals surface area contributed by atoms with E-state index in [1.165, 1.54) is 24.5 Å². The van der Waals surface area contributed by atoms with Crippen molar-refractivity contribution in [2.75, 3.05) is 6.61 Å². The van der Waals surface area contributed by atoms with E-state index in [1.54, 1.807) is 67.2 Å². The molecule has 0 spiro atoms. The number of aromatic nitrogens is 3. The first kappa shape index (κ1) is 23.6. The normalized spacial score (nSPS) is 10.6. The fourth-order valence-electron chi connectivity index (χ4n) is 3.39. The molecule has 1 N–H and O–H groups in total. The van der Waals surface area contributed by atoms with Gasteiger partial charge in [-0.3, -0.25) is 9.78 Å². The molecular weight excluding hydrogens is 451 g/mol. The summed E-state index contributed by atoms with van der Waals surface area (Å²) in [5, 5.41) is 7.02. The number of amides is 1. The Balaban J connectivity index is 1.38. The molecule has 0 saturated heterocycles. The number of esters is 1. The van der Waals surface area contributed by atoms with Gasteiger partial charge in [0.2, 0.25) is 0 Å². The van der Waals surface area contributed by atoms with Gasteiger partial charge in [-0.15, -0.1) is 0 Å². The molecule has 9 heteroatoms. The number of nitrogens with one attached hydrogen (secondary N) is 1. The van der Waals surface area contributed by atoms with Crippen molar-refractivity contribution in [3.63, 3.8) is 0 Å². The zero-order valence-electron chi connectivity index (χ0n) is 19.2. The lowest BCUT2D eigenvalue weighted by Gasteiger charge is -2.10. The summed E-state index contributed by atoms with van der Waals surface area (Å²) in [6, 6.07) is 14.6. The van der Waals surface area contributed by atoms with Crippen molar-refractivity contribution in [1.29, 1.82) is 0 Å². The molecule has 8 nitrogen and oxygen atoms in total. The first-order valence-corrected chi connectivity index (χ1v) is 10.9. The van der Waals surface area contributed by atoms with Gasteiger partial charge in [0.05, 0.1) is 30.4 Å². The molecule has 0 unspecified atom stereocenters. The van der Waals surface area contributed by atoms with Crippen LogP contribution in [0.15, 0.2) is 73.2 Å². The highest BCUT2D eigenvalue weighted by atomic mass is 19.1. The maximum absolute atomic E-state index is 14.4. The summed E-state index contributed by atoms with van der Waals surface area (Å²) in [4.78, 5) is 28.5. The molecule has 0 aliphatic heterocycles. The Morgan fingerprint density at radius 3 is 2.57 bits per heavy atom. The zero-order chi connectivity index (χ0) is 24.8. The monoisotopic (exact) mass is 474 g/mol.